The smallest absolute Gasteiger partial charge is 0.465 e. The van der Waals surface area contributed by atoms with E-state index in [-0.39, 0.29) is 39.0 Å². The fraction of sp³-hybridized carbons (Fsp3) is 0.333. The second-order valence-electron chi connectivity index (χ2n) is 14.3. The van der Waals surface area contributed by atoms with Crippen LogP contribution in [0.1, 0.15) is 48.9 Å². The first kappa shape index (κ1) is 43.1. The lowest BCUT2D eigenvalue weighted by molar-refractivity contribution is -0.0250. The molecule has 4 aromatic rings. The van der Waals surface area contributed by atoms with Gasteiger partial charge in [0, 0.05) is 25.9 Å². The highest BCUT2D eigenvalue weighted by Gasteiger charge is 2.43. The number of hydrogen-bond donors (Lipinski definition) is 2. The van der Waals surface area contributed by atoms with E-state index in [1.165, 1.54) is 0 Å². The van der Waals surface area contributed by atoms with Crippen molar-refractivity contribution in [2.75, 3.05) is 13.1 Å². The minimum Gasteiger partial charge on any atom is -0.465 e. The zero-order valence-corrected chi connectivity index (χ0v) is 33.6. The van der Waals surface area contributed by atoms with E-state index >= 15 is 0 Å². The number of benzene rings is 4. The molecule has 0 bridgehead atoms. The third-order valence-electron chi connectivity index (χ3n) is 9.09. The summed E-state index contributed by atoms with van der Waals surface area (Å²) in [6.07, 6.45) is -2.03. The van der Waals surface area contributed by atoms with Crippen LogP contribution in [0.25, 0.3) is 0 Å². The first-order valence-corrected chi connectivity index (χ1v) is 21.4. The summed E-state index contributed by atoms with van der Waals surface area (Å²) in [4.78, 5) is 12.4. The minimum atomic E-state index is -4.63. The molecule has 0 radical (unpaired) electrons. The van der Waals surface area contributed by atoms with Crippen LogP contribution in [0.4, 0.5) is 4.79 Å². The van der Waals surface area contributed by atoms with Crippen LogP contribution in [0.2, 0.25) is 0 Å². The lowest BCUT2D eigenvalue weighted by Gasteiger charge is -2.36. The molecule has 4 aromatic carbocycles. The summed E-state index contributed by atoms with van der Waals surface area (Å²) in [7, 11) is -9.17. The molecule has 0 aromatic heterocycles. The van der Waals surface area contributed by atoms with Crippen molar-refractivity contribution in [3.63, 3.8) is 0 Å². The highest BCUT2D eigenvalue weighted by molar-refractivity contribution is 7.92. The van der Waals surface area contributed by atoms with E-state index in [2.05, 4.69) is 11.4 Å². The van der Waals surface area contributed by atoms with Crippen molar-refractivity contribution in [3.8, 4) is 6.07 Å². The monoisotopic (exact) mass is 817 g/mol. The Morgan fingerprint density at radius 3 is 1.89 bits per heavy atom. The van der Waals surface area contributed by atoms with Gasteiger partial charge in [-0.2, -0.15) is 9.57 Å². The molecule has 57 heavy (non-hydrogen) atoms. The van der Waals surface area contributed by atoms with Crippen molar-refractivity contribution < 1.29 is 45.9 Å². The second kappa shape index (κ2) is 20.4. The molecule has 2 N–H and O–H groups in total. The lowest BCUT2D eigenvalue weighted by Crippen LogP contribution is -2.52. The second-order valence-corrected chi connectivity index (χ2v) is 17.8. The van der Waals surface area contributed by atoms with Crippen LogP contribution in [-0.2, 0) is 63.7 Å². The van der Waals surface area contributed by atoms with Crippen molar-refractivity contribution >= 4 is 23.9 Å². The summed E-state index contributed by atoms with van der Waals surface area (Å²) in [5, 5.41) is 21.5. The molecule has 1 aliphatic rings. The van der Waals surface area contributed by atoms with E-state index in [0.717, 1.165) is 16.1 Å². The average Bonchev–Trinajstić information content (AvgIpc) is 3.68. The average molecular weight is 818 g/mol. The minimum absolute atomic E-state index is 0.0162. The van der Waals surface area contributed by atoms with Crippen LogP contribution in [0.15, 0.2) is 133 Å². The summed E-state index contributed by atoms with van der Waals surface area (Å²) in [6.45, 7) is 2.54. The van der Waals surface area contributed by atoms with Crippen molar-refractivity contribution in [2.24, 2.45) is 5.41 Å². The van der Waals surface area contributed by atoms with Crippen LogP contribution in [-0.4, -0.2) is 55.4 Å². The van der Waals surface area contributed by atoms with E-state index < -0.39 is 59.4 Å². The zero-order chi connectivity index (χ0) is 40.7. The van der Waals surface area contributed by atoms with Gasteiger partial charge in [0.25, 0.3) is 15.1 Å². The lowest BCUT2D eigenvalue weighted by atomic mass is 9.88. The SMILES string of the molecule is CC(C)(CCC#N)CN(C[C@H](OP(=O)(OCc1ccccc1)OCc1ccccc1)[C@H](Cc1ccccc1)NC(=O)O)S(=O)(=O)C1=COC(Cc2ccccc2)O1. The highest BCUT2D eigenvalue weighted by atomic mass is 32.2. The number of sulfonamides is 1. The number of phosphoric acid groups is 1. The number of carbonyl (C=O) groups is 1. The molecule has 1 aliphatic heterocycles. The molecule has 0 saturated carbocycles. The number of hydrogen-bond acceptors (Lipinski definition) is 10. The van der Waals surface area contributed by atoms with Gasteiger partial charge in [0.05, 0.1) is 25.3 Å². The van der Waals surface area contributed by atoms with Gasteiger partial charge in [0.2, 0.25) is 6.29 Å². The Balaban J connectivity index is 1.53. The number of nitriles is 1. The van der Waals surface area contributed by atoms with Crippen molar-refractivity contribution in [3.05, 3.63) is 155 Å². The normalized spacial score (nSPS) is 15.5. The van der Waals surface area contributed by atoms with Crippen LogP contribution in [0.3, 0.4) is 0 Å². The van der Waals surface area contributed by atoms with Crippen molar-refractivity contribution in [1.82, 2.24) is 9.62 Å². The highest BCUT2D eigenvalue weighted by Crippen LogP contribution is 2.53. The Kier molecular flexibility index (Phi) is 15.5. The molecule has 0 spiro atoms. The van der Waals surface area contributed by atoms with E-state index in [4.69, 9.17) is 23.0 Å². The summed E-state index contributed by atoms with van der Waals surface area (Å²) in [6, 6.07) is 37.0. The zero-order valence-electron chi connectivity index (χ0n) is 31.9. The Hall–Kier alpha value is -5.00. The number of nitrogens with one attached hydrogen (secondary N) is 1. The quantitative estimate of drug-likeness (QED) is 0.0733. The topological polar surface area (TPSA) is 174 Å². The van der Waals surface area contributed by atoms with E-state index in [0.29, 0.717) is 23.1 Å². The van der Waals surface area contributed by atoms with Gasteiger partial charge >= 0.3 is 13.9 Å². The summed E-state index contributed by atoms with van der Waals surface area (Å²) in [5.74, 6) is 0. The predicted octanol–water partition coefficient (Wildman–Crippen LogP) is 8.17. The van der Waals surface area contributed by atoms with Gasteiger partial charge in [-0.1, -0.05) is 135 Å². The number of amides is 1. The molecule has 1 amide bonds. The predicted molar refractivity (Wildman–Crippen MR) is 213 cm³/mol. The molecule has 5 rings (SSSR count). The van der Waals surface area contributed by atoms with E-state index in [1.807, 2.05) is 56.3 Å². The summed E-state index contributed by atoms with van der Waals surface area (Å²) in [5.41, 5.74) is 2.10. The van der Waals surface area contributed by atoms with Crippen LogP contribution >= 0.6 is 7.82 Å². The number of rotatable bonds is 22. The maximum absolute atomic E-state index is 14.8. The molecule has 3 atom stereocenters. The molecular formula is C42H48N3O10PS. The van der Waals surface area contributed by atoms with E-state index in [1.54, 1.807) is 78.9 Å². The molecule has 1 unspecified atom stereocenters. The van der Waals surface area contributed by atoms with Crippen LogP contribution in [0, 0.1) is 16.7 Å². The van der Waals surface area contributed by atoms with Gasteiger partial charge in [0.15, 0.2) is 0 Å². The molecule has 15 heteroatoms. The molecule has 0 aliphatic carbocycles. The Bertz CT molecular complexity index is 2050. The molecule has 1 heterocycles. The standard InChI is InChI=1S/C42H48N3O10PS/c1-42(2,24-15-25-43)32-45(57(49,50)40-31-51-39(54-40)27-34-18-9-4-10-19-34)28-38(37(44-41(46)47)26-33-16-7-3-8-17-33)55-56(48,52-29-35-20-11-5-12-21-35)53-30-36-22-13-6-14-23-36/h3-14,16-23,31,37-39,44H,15,24,26-30,32H2,1-2H3,(H,46,47)/t37-,38-,39?/m0/s1. The molecule has 302 valence electrons. The van der Waals surface area contributed by atoms with Crippen LogP contribution in [0.5, 0.6) is 0 Å². The number of nitrogens with zero attached hydrogens (tertiary/aromatic N) is 2. The van der Waals surface area contributed by atoms with Gasteiger partial charge in [-0.05, 0) is 40.5 Å². The summed E-state index contributed by atoms with van der Waals surface area (Å²) < 4.78 is 75.1. The van der Waals surface area contributed by atoms with Gasteiger partial charge < -0.3 is 19.9 Å². The fourth-order valence-corrected chi connectivity index (χ4v) is 9.00. The van der Waals surface area contributed by atoms with Gasteiger partial charge in [-0.3, -0.25) is 13.6 Å². The van der Waals surface area contributed by atoms with Crippen molar-refractivity contribution in [1.29, 1.82) is 5.26 Å². The first-order chi connectivity index (χ1) is 27.3. The van der Waals surface area contributed by atoms with Gasteiger partial charge in [-0.15, -0.1) is 0 Å². The summed E-state index contributed by atoms with van der Waals surface area (Å²) >= 11 is 0. The molecular weight excluding hydrogens is 770 g/mol. The molecule has 13 nitrogen and oxygen atoms in total. The van der Waals surface area contributed by atoms with Gasteiger partial charge in [-0.25, -0.2) is 17.8 Å². The third kappa shape index (κ3) is 13.6. The number of phosphoric ester groups is 1. The maximum atomic E-state index is 14.8. The molecule has 0 saturated heterocycles. The Morgan fingerprint density at radius 1 is 0.877 bits per heavy atom. The maximum Gasteiger partial charge on any atom is 0.475 e. The van der Waals surface area contributed by atoms with Crippen LogP contribution < -0.4 is 5.32 Å². The van der Waals surface area contributed by atoms with Crippen molar-refractivity contribution in [2.45, 2.75) is 71.2 Å². The Labute approximate surface area is 334 Å². The third-order valence-corrected chi connectivity index (χ3v) is 12.2. The van der Waals surface area contributed by atoms with E-state index in [9.17, 15) is 28.1 Å². The fourth-order valence-electron chi connectivity index (χ4n) is 6.12. The number of ether oxygens (including phenoxy) is 2. The largest absolute Gasteiger partial charge is 0.475 e. The van der Waals surface area contributed by atoms with Gasteiger partial charge in [0.1, 0.15) is 12.4 Å². The first-order valence-electron chi connectivity index (χ1n) is 18.5. The number of carboxylic acid groups (broad SMARTS) is 1. The Morgan fingerprint density at radius 2 is 1.39 bits per heavy atom. The molecule has 0 fully saturated rings.